The van der Waals surface area contributed by atoms with Gasteiger partial charge in [0, 0.05) is 6.04 Å². The van der Waals surface area contributed by atoms with Gasteiger partial charge in [0.25, 0.3) is 0 Å². The van der Waals surface area contributed by atoms with E-state index in [0.29, 0.717) is 13.0 Å². The van der Waals surface area contributed by atoms with Crippen LogP contribution in [0.1, 0.15) is 37.4 Å². The second-order valence-corrected chi connectivity index (χ2v) is 5.55. The van der Waals surface area contributed by atoms with Gasteiger partial charge in [-0.3, -0.25) is 9.69 Å². The molecular weight excluding hydrogens is 283 g/mol. The number of hydrogen-bond donors (Lipinski definition) is 1. The number of halogens is 3. The summed E-state index contributed by atoms with van der Waals surface area (Å²) in [5, 5.41) is 9.32. The molecule has 3 unspecified atom stereocenters. The van der Waals surface area contributed by atoms with E-state index < -0.39 is 29.8 Å². The minimum absolute atomic E-state index is 0.0667. The summed E-state index contributed by atoms with van der Waals surface area (Å²) in [6.45, 7) is 3.95. The predicted molar refractivity (Wildman–Crippen MR) is 71.8 cm³/mol. The molecule has 0 aromatic heterocycles. The Morgan fingerprint density at radius 3 is 2.57 bits per heavy atom. The number of carboxylic acid groups (broad SMARTS) is 1. The first-order valence-electron chi connectivity index (χ1n) is 6.88. The number of likely N-dealkylation sites (tertiary alicyclic amines) is 1. The molecule has 0 amide bonds. The van der Waals surface area contributed by atoms with Crippen molar-refractivity contribution in [3.05, 3.63) is 35.4 Å². The van der Waals surface area contributed by atoms with Crippen molar-refractivity contribution in [2.24, 2.45) is 5.92 Å². The van der Waals surface area contributed by atoms with Gasteiger partial charge in [0.05, 0.1) is 5.56 Å². The molecule has 1 heterocycles. The lowest BCUT2D eigenvalue weighted by Gasteiger charge is -2.31. The van der Waals surface area contributed by atoms with E-state index >= 15 is 0 Å². The van der Waals surface area contributed by atoms with Gasteiger partial charge < -0.3 is 5.11 Å². The molecule has 1 fully saturated rings. The number of carbonyl (C=O) groups is 1. The Bertz CT molecular complexity index is 530. The van der Waals surface area contributed by atoms with E-state index in [4.69, 9.17) is 0 Å². The third-order valence-corrected chi connectivity index (χ3v) is 4.21. The van der Waals surface area contributed by atoms with Crippen molar-refractivity contribution in [3.63, 3.8) is 0 Å². The topological polar surface area (TPSA) is 40.5 Å². The van der Waals surface area contributed by atoms with Crippen molar-refractivity contribution in [3.8, 4) is 0 Å². The highest BCUT2D eigenvalue weighted by Crippen LogP contribution is 2.39. The van der Waals surface area contributed by atoms with Crippen molar-refractivity contribution < 1.29 is 23.1 Å². The van der Waals surface area contributed by atoms with Crippen molar-refractivity contribution in [2.45, 2.75) is 38.5 Å². The summed E-state index contributed by atoms with van der Waals surface area (Å²) in [6, 6.07) is 4.04. The zero-order valence-electron chi connectivity index (χ0n) is 11.9. The summed E-state index contributed by atoms with van der Waals surface area (Å²) < 4.78 is 39.3. The Balaban J connectivity index is 2.37. The van der Waals surface area contributed by atoms with E-state index in [9.17, 15) is 23.1 Å². The van der Waals surface area contributed by atoms with Crippen molar-refractivity contribution in [1.29, 1.82) is 0 Å². The normalized spacial score (nSPS) is 25.0. The van der Waals surface area contributed by atoms with E-state index in [1.165, 1.54) is 12.1 Å². The molecule has 1 aromatic rings. The summed E-state index contributed by atoms with van der Waals surface area (Å²) in [6.07, 6.45) is -3.76. The molecule has 2 rings (SSSR count). The molecule has 1 aliphatic rings. The van der Waals surface area contributed by atoms with Gasteiger partial charge >= 0.3 is 12.1 Å². The molecule has 1 aromatic carbocycles. The Kier molecular flexibility index (Phi) is 4.27. The van der Waals surface area contributed by atoms with Gasteiger partial charge in [-0.15, -0.1) is 0 Å². The Morgan fingerprint density at radius 2 is 2.00 bits per heavy atom. The molecule has 6 heteroatoms. The molecule has 0 radical (unpaired) electrons. The van der Waals surface area contributed by atoms with Gasteiger partial charge in [0.15, 0.2) is 0 Å². The van der Waals surface area contributed by atoms with E-state index in [1.54, 1.807) is 17.9 Å². The van der Waals surface area contributed by atoms with Crippen LogP contribution in [0.4, 0.5) is 13.2 Å². The zero-order chi connectivity index (χ0) is 15.8. The van der Waals surface area contributed by atoms with E-state index in [1.807, 2.05) is 6.92 Å². The number of rotatable bonds is 3. The fourth-order valence-electron chi connectivity index (χ4n) is 3.09. The molecule has 21 heavy (non-hydrogen) atoms. The number of alkyl halides is 3. The maximum atomic E-state index is 13.1. The maximum Gasteiger partial charge on any atom is 0.416 e. The molecule has 0 bridgehead atoms. The lowest BCUT2D eigenvalue weighted by Crippen LogP contribution is -2.40. The molecule has 1 N–H and O–H groups in total. The number of benzene rings is 1. The van der Waals surface area contributed by atoms with Crippen LogP contribution in [0.15, 0.2) is 24.3 Å². The average Bonchev–Trinajstić information content (AvgIpc) is 2.79. The van der Waals surface area contributed by atoms with Crippen molar-refractivity contribution >= 4 is 5.97 Å². The monoisotopic (exact) mass is 301 g/mol. The summed E-state index contributed by atoms with van der Waals surface area (Å²) in [7, 11) is 0. The quantitative estimate of drug-likeness (QED) is 0.928. The Morgan fingerprint density at radius 1 is 1.38 bits per heavy atom. The van der Waals surface area contributed by atoms with Gasteiger partial charge in [-0.1, -0.05) is 25.1 Å². The van der Waals surface area contributed by atoms with Gasteiger partial charge in [-0.2, -0.15) is 13.2 Å². The van der Waals surface area contributed by atoms with Crippen LogP contribution in [-0.2, 0) is 11.0 Å². The van der Waals surface area contributed by atoms with E-state index in [-0.39, 0.29) is 11.5 Å². The first kappa shape index (κ1) is 15.8. The molecular formula is C15H18F3NO2. The first-order valence-corrected chi connectivity index (χ1v) is 6.88. The predicted octanol–water partition coefficient (Wildman–Crippen LogP) is 3.56. The van der Waals surface area contributed by atoms with Crippen LogP contribution in [-0.4, -0.2) is 28.6 Å². The molecule has 1 aliphatic heterocycles. The Labute approximate surface area is 121 Å². The van der Waals surface area contributed by atoms with Gasteiger partial charge in [-0.05, 0) is 37.4 Å². The largest absolute Gasteiger partial charge is 0.480 e. The lowest BCUT2D eigenvalue weighted by atomic mass is 9.97. The van der Waals surface area contributed by atoms with E-state index in [0.717, 1.165) is 6.07 Å². The fourth-order valence-corrected chi connectivity index (χ4v) is 3.09. The van der Waals surface area contributed by atoms with E-state index in [2.05, 4.69) is 0 Å². The highest BCUT2D eigenvalue weighted by atomic mass is 19.4. The molecule has 0 spiro atoms. The molecule has 3 nitrogen and oxygen atoms in total. The first-order chi connectivity index (χ1) is 9.73. The van der Waals surface area contributed by atoms with Gasteiger partial charge in [-0.25, -0.2) is 0 Å². The van der Waals surface area contributed by atoms with Crippen LogP contribution in [0.3, 0.4) is 0 Å². The maximum absolute atomic E-state index is 13.1. The van der Waals surface area contributed by atoms with Gasteiger partial charge in [0.1, 0.15) is 6.04 Å². The van der Waals surface area contributed by atoms with Crippen molar-refractivity contribution in [2.75, 3.05) is 6.54 Å². The summed E-state index contributed by atoms with van der Waals surface area (Å²) in [5.41, 5.74) is -0.563. The molecule has 3 atom stereocenters. The zero-order valence-corrected chi connectivity index (χ0v) is 11.9. The van der Waals surface area contributed by atoms with Crippen LogP contribution < -0.4 is 0 Å². The second-order valence-electron chi connectivity index (χ2n) is 5.55. The van der Waals surface area contributed by atoms with Crippen molar-refractivity contribution in [1.82, 2.24) is 4.90 Å². The standard InChI is InChI=1S/C15H18F3NO2/c1-9-7-8-19(13(9)14(20)21)10(2)11-5-3-4-6-12(11)15(16,17)18/h3-6,9-10,13H,7-8H2,1-2H3,(H,20,21). The highest BCUT2D eigenvalue weighted by Gasteiger charge is 2.42. The van der Waals surface area contributed by atoms with Crippen LogP contribution in [0, 0.1) is 5.92 Å². The minimum Gasteiger partial charge on any atom is -0.480 e. The molecule has 0 aliphatic carbocycles. The highest BCUT2D eigenvalue weighted by molar-refractivity contribution is 5.74. The average molecular weight is 301 g/mol. The van der Waals surface area contributed by atoms with Crippen LogP contribution >= 0.6 is 0 Å². The summed E-state index contributed by atoms with van der Waals surface area (Å²) in [4.78, 5) is 13.0. The number of aliphatic carboxylic acids is 1. The summed E-state index contributed by atoms with van der Waals surface area (Å²) in [5.74, 6) is -1.04. The second kappa shape index (κ2) is 5.67. The fraction of sp³-hybridized carbons (Fsp3) is 0.533. The smallest absolute Gasteiger partial charge is 0.416 e. The number of hydrogen-bond acceptors (Lipinski definition) is 2. The molecule has 116 valence electrons. The molecule has 1 saturated heterocycles. The number of carboxylic acids is 1. The van der Waals surface area contributed by atoms with Crippen LogP contribution in [0.5, 0.6) is 0 Å². The summed E-state index contributed by atoms with van der Waals surface area (Å²) >= 11 is 0. The minimum atomic E-state index is -4.44. The SMILES string of the molecule is CC1CCN(C(C)c2ccccc2C(F)(F)F)C1C(=O)O. The lowest BCUT2D eigenvalue weighted by molar-refractivity contribution is -0.144. The van der Waals surface area contributed by atoms with Crippen LogP contribution in [0.25, 0.3) is 0 Å². The van der Waals surface area contributed by atoms with Gasteiger partial charge in [0.2, 0.25) is 0 Å². The third-order valence-electron chi connectivity index (χ3n) is 4.21. The Hall–Kier alpha value is -1.56. The third kappa shape index (κ3) is 3.05. The molecule has 0 saturated carbocycles. The number of nitrogens with zero attached hydrogens (tertiary/aromatic N) is 1. The van der Waals surface area contributed by atoms with Crippen LogP contribution in [0.2, 0.25) is 0 Å².